The van der Waals surface area contributed by atoms with E-state index in [2.05, 4.69) is 52.3 Å². The number of thiophene rings is 1. The highest BCUT2D eigenvalue weighted by Gasteiger charge is 2.00. The molecule has 0 bridgehead atoms. The van der Waals surface area contributed by atoms with Crippen LogP contribution in [0.25, 0.3) is 0 Å². The minimum absolute atomic E-state index is 0.613. The highest BCUT2D eigenvalue weighted by Crippen LogP contribution is 2.24. The van der Waals surface area contributed by atoms with Crippen LogP contribution in [0.4, 0.5) is 0 Å². The van der Waals surface area contributed by atoms with Crippen LogP contribution in [0.1, 0.15) is 16.0 Å². The second-order valence-electron chi connectivity index (χ2n) is 3.41. The number of halogens is 1. The number of nitrogens with two attached hydrogens (primary N) is 1. The van der Waals surface area contributed by atoms with Crippen LogP contribution in [0.15, 0.2) is 40.2 Å². The fraction of sp³-hybridized carbons (Fsp3) is 0.167. The molecular weight excluding hydrogens is 270 g/mol. The Labute approximate surface area is 102 Å². The summed E-state index contributed by atoms with van der Waals surface area (Å²) in [5.74, 6) is 0. The van der Waals surface area contributed by atoms with Crippen LogP contribution in [0.5, 0.6) is 0 Å². The summed E-state index contributed by atoms with van der Waals surface area (Å²) in [6, 6.07) is 12.7. The van der Waals surface area contributed by atoms with E-state index >= 15 is 0 Å². The van der Waals surface area contributed by atoms with Crippen molar-refractivity contribution in [3.63, 3.8) is 0 Å². The number of hydrogen-bond donors (Lipinski definition) is 1. The maximum absolute atomic E-state index is 5.61. The minimum Gasteiger partial charge on any atom is -0.326 e. The molecule has 0 spiro atoms. The molecule has 1 heterocycles. The Morgan fingerprint density at radius 3 is 2.60 bits per heavy atom. The van der Waals surface area contributed by atoms with Crippen LogP contribution < -0.4 is 5.73 Å². The van der Waals surface area contributed by atoms with Crippen LogP contribution >= 0.6 is 27.3 Å². The highest BCUT2D eigenvalue weighted by molar-refractivity contribution is 9.11. The van der Waals surface area contributed by atoms with Crippen molar-refractivity contribution in [2.75, 3.05) is 0 Å². The van der Waals surface area contributed by atoms with Gasteiger partial charge < -0.3 is 5.73 Å². The van der Waals surface area contributed by atoms with E-state index in [1.165, 1.54) is 19.8 Å². The zero-order valence-electron chi connectivity index (χ0n) is 8.24. The molecule has 3 heteroatoms. The fourth-order valence-corrected chi connectivity index (χ4v) is 3.03. The number of hydrogen-bond acceptors (Lipinski definition) is 2. The molecule has 0 amide bonds. The molecule has 2 N–H and O–H groups in total. The van der Waals surface area contributed by atoms with Gasteiger partial charge in [-0.1, -0.05) is 24.3 Å². The van der Waals surface area contributed by atoms with Crippen LogP contribution in [-0.2, 0) is 13.0 Å². The predicted octanol–water partition coefficient (Wildman–Crippen LogP) is 3.56. The van der Waals surface area contributed by atoms with Crippen molar-refractivity contribution in [3.8, 4) is 0 Å². The molecule has 15 heavy (non-hydrogen) atoms. The van der Waals surface area contributed by atoms with Crippen molar-refractivity contribution < 1.29 is 0 Å². The Morgan fingerprint density at radius 2 is 1.93 bits per heavy atom. The molecule has 78 valence electrons. The van der Waals surface area contributed by atoms with Gasteiger partial charge in [-0.15, -0.1) is 11.3 Å². The molecule has 0 fully saturated rings. The molecule has 1 aromatic heterocycles. The highest BCUT2D eigenvalue weighted by atomic mass is 79.9. The lowest BCUT2D eigenvalue weighted by atomic mass is 10.1. The number of rotatable bonds is 3. The average molecular weight is 282 g/mol. The molecule has 0 aliphatic carbocycles. The van der Waals surface area contributed by atoms with E-state index < -0.39 is 0 Å². The summed E-state index contributed by atoms with van der Waals surface area (Å²) >= 11 is 5.25. The minimum atomic E-state index is 0.613. The SMILES string of the molecule is NCc1cccc(Cc2ccc(Br)s2)c1. The third kappa shape index (κ3) is 2.91. The van der Waals surface area contributed by atoms with Gasteiger partial charge >= 0.3 is 0 Å². The zero-order valence-corrected chi connectivity index (χ0v) is 10.6. The second-order valence-corrected chi connectivity index (χ2v) is 5.95. The van der Waals surface area contributed by atoms with Crippen LogP contribution in [-0.4, -0.2) is 0 Å². The van der Waals surface area contributed by atoms with Gasteiger partial charge in [0.15, 0.2) is 0 Å². The maximum Gasteiger partial charge on any atom is 0.0701 e. The van der Waals surface area contributed by atoms with Crippen molar-refractivity contribution >= 4 is 27.3 Å². The van der Waals surface area contributed by atoms with Gasteiger partial charge in [-0.2, -0.15) is 0 Å². The summed E-state index contributed by atoms with van der Waals surface area (Å²) in [6.45, 7) is 0.613. The van der Waals surface area contributed by atoms with Crippen molar-refractivity contribution in [2.24, 2.45) is 5.73 Å². The van der Waals surface area contributed by atoms with Gasteiger partial charge in [0, 0.05) is 17.8 Å². The summed E-state index contributed by atoms with van der Waals surface area (Å²) in [5, 5.41) is 0. The molecule has 0 radical (unpaired) electrons. The summed E-state index contributed by atoms with van der Waals surface area (Å²) in [6.07, 6.45) is 0.990. The first-order chi connectivity index (χ1) is 7.28. The third-order valence-electron chi connectivity index (χ3n) is 2.23. The van der Waals surface area contributed by atoms with Gasteiger partial charge in [-0.05, 0) is 39.2 Å². The monoisotopic (exact) mass is 281 g/mol. The van der Waals surface area contributed by atoms with Crippen LogP contribution in [0.3, 0.4) is 0 Å². The van der Waals surface area contributed by atoms with Crippen LogP contribution in [0, 0.1) is 0 Å². The molecule has 2 aromatic rings. The molecule has 2 rings (SSSR count). The Kier molecular flexibility index (Phi) is 3.57. The van der Waals surface area contributed by atoms with E-state index in [0.717, 1.165) is 6.42 Å². The zero-order chi connectivity index (χ0) is 10.7. The molecule has 0 saturated heterocycles. The van der Waals surface area contributed by atoms with Crippen molar-refractivity contribution in [1.82, 2.24) is 0 Å². The largest absolute Gasteiger partial charge is 0.326 e. The second kappa shape index (κ2) is 4.92. The first-order valence-electron chi connectivity index (χ1n) is 4.80. The van der Waals surface area contributed by atoms with E-state index in [4.69, 9.17) is 5.73 Å². The molecule has 1 aromatic carbocycles. The third-order valence-corrected chi connectivity index (χ3v) is 3.86. The summed E-state index contributed by atoms with van der Waals surface area (Å²) in [7, 11) is 0. The quantitative estimate of drug-likeness (QED) is 0.915. The van der Waals surface area contributed by atoms with E-state index in [1.807, 2.05) is 0 Å². The normalized spacial score (nSPS) is 10.5. The average Bonchev–Trinajstić information content (AvgIpc) is 2.64. The van der Waals surface area contributed by atoms with Gasteiger partial charge in [0.25, 0.3) is 0 Å². The lowest BCUT2D eigenvalue weighted by molar-refractivity contribution is 1.06. The van der Waals surface area contributed by atoms with Gasteiger partial charge in [-0.3, -0.25) is 0 Å². The lowest BCUT2D eigenvalue weighted by Gasteiger charge is -2.01. The summed E-state index contributed by atoms with van der Waals surface area (Å²) < 4.78 is 1.19. The van der Waals surface area contributed by atoms with Gasteiger partial charge in [-0.25, -0.2) is 0 Å². The van der Waals surface area contributed by atoms with Gasteiger partial charge in [0.2, 0.25) is 0 Å². The molecule has 0 atom stereocenters. The maximum atomic E-state index is 5.61. The molecular formula is C12H12BrNS. The molecule has 0 unspecified atom stereocenters. The summed E-state index contributed by atoms with van der Waals surface area (Å²) in [4.78, 5) is 1.37. The van der Waals surface area contributed by atoms with Gasteiger partial charge in [0.05, 0.1) is 3.79 Å². The van der Waals surface area contributed by atoms with Crippen molar-refractivity contribution in [1.29, 1.82) is 0 Å². The van der Waals surface area contributed by atoms with Crippen molar-refractivity contribution in [3.05, 3.63) is 56.2 Å². The van der Waals surface area contributed by atoms with Crippen molar-refractivity contribution in [2.45, 2.75) is 13.0 Å². The Hall–Kier alpha value is -0.640. The van der Waals surface area contributed by atoms with Gasteiger partial charge in [0.1, 0.15) is 0 Å². The first kappa shape index (κ1) is 10.9. The molecule has 0 aliphatic heterocycles. The summed E-state index contributed by atoms with van der Waals surface area (Å²) in [5.41, 5.74) is 8.13. The molecule has 1 nitrogen and oxygen atoms in total. The number of benzene rings is 1. The van der Waals surface area contributed by atoms with E-state index in [0.29, 0.717) is 6.54 Å². The molecule has 0 saturated carbocycles. The molecule has 0 aliphatic rings. The van der Waals surface area contributed by atoms with E-state index in [1.54, 1.807) is 11.3 Å². The smallest absolute Gasteiger partial charge is 0.0701 e. The fourth-order valence-electron chi connectivity index (χ4n) is 1.51. The standard InChI is InChI=1S/C12H12BrNS/c13-12-5-4-11(15-12)7-9-2-1-3-10(6-9)8-14/h1-6H,7-8,14H2. The van der Waals surface area contributed by atoms with E-state index in [9.17, 15) is 0 Å². The predicted molar refractivity (Wildman–Crippen MR) is 69.2 cm³/mol. The Bertz CT molecular complexity index is 450. The Balaban J connectivity index is 2.16. The van der Waals surface area contributed by atoms with Crippen LogP contribution in [0.2, 0.25) is 0 Å². The Morgan fingerprint density at radius 1 is 1.13 bits per heavy atom. The topological polar surface area (TPSA) is 26.0 Å². The lowest BCUT2D eigenvalue weighted by Crippen LogP contribution is -1.96. The van der Waals surface area contributed by atoms with E-state index in [-0.39, 0.29) is 0 Å². The first-order valence-corrected chi connectivity index (χ1v) is 6.41.